The van der Waals surface area contributed by atoms with Gasteiger partial charge in [0.1, 0.15) is 6.61 Å². The van der Waals surface area contributed by atoms with Crippen LogP contribution in [0.2, 0.25) is 0 Å². The first-order valence-electron chi connectivity index (χ1n) is 8.40. The van der Waals surface area contributed by atoms with Crippen LogP contribution in [0.4, 0.5) is 0 Å². The second-order valence-corrected chi connectivity index (χ2v) is 6.51. The highest BCUT2D eigenvalue weighted by molar-refractivity contribution is 5.78. The van der Waals surface area contributed by atoms with E-state index in [1.807, 2.05) is 0 Å². The molecule has 0 aliphatic carbocycles. The second-order valence-electron chi connectivity index (χ2n) is 6.51. The molecule has 0 saturated carbocycles. The zero-order valence-corrected chi connectivity index (χ0v) is 13.4. The van der Waals surface area contributed by atoms with Crippen LogP contribution in [0.25, 0.3) is 0 Å². The van der Waals surface area contributed by atoms with E-state index in [2.05, 4.69) is 41.4 Å². The molecular weight excluding hydrogens is 276 g/mol. The van der Waals surface area contributed by atoms with Crippen molar-refractivity contribution in [2.24, 2.45) is 0 Å². The van der Waals surface area contributed by atoms with Crippen molar-refractivity contribution in [1.29, 1.82) is 0 Å². The smallest absolute Gasteiger partial charge is 0.246 e. The lowest BCUT2D eigenvalue weighted by Crippen LogP contribution is -2.57. The third-order valence-electron chi connectivity index (χ3n) is 5.03. The summed E-state index contributed by atoms with van der Waals surface area (Å²) in [6.45, 7) is 6.32. The molecule has 2 aliphatic heterocycles. The summed E-state index contributed by atoms with van der Waals surface area (Å²) in [5.41, 5.74) is 2.71. The summed E-state index contributed by atoms with van der Waals surface area (Å²) in [5, 5.41) is 2.94. The van der Waals surface area contributed by atoms with Crippen molar-refractivity contribution in [3.63, 3.8) is 0 Å². The molecule has 120 valence electrons. The lowest BCUT2D eigenvalue weighted by Gasteiger charge is -2.43. The van der Waals surface area contributed by atoms with Gasteiger partial charge in [-0.1, -0.05) is 31.2 Å². The fraction of sp³-hybridized carbons (Fsp3) is 0.611. The van der Waals surface area contributed by atoms with Gasteiger partial charge in [0.2, 0.25) is 5.91 Å². The molecule has 2 fully saturated rings. The Labute approximate surface area is 132 Å². The van der Waals surface area contributed by atoms with Crippen LogP contribution in [0.15, 0.2) is 24.3 Å². The summed E-state index contributed by atoms with van der Waals surface area (Å²) in [6, 6.07) is 8.98. The third-order valence-corrected chi connectivity index (χ3v) is 5.03. The van der Waals surface area contributed by atoms with E-state index in [0.717, 1.165) is 45.3 Å². The van der Waals surface area contributed by atoms with E-state index in [9.17, 15) is 4.79 Å². The summed E-state index contributed by atoms with van der Waals surface area (Å²) in [5.74, 6) is 0.0172. The largest absolute Gasteiger partial charge is 0.363 e. The molecule has 0 radical (unpaired) electrons. The van der Waals surface area contributed by atoms with Crippen LogP contribution in [-0.4, -0.2) is 49.2 Å². The summed E-state index contributed by atoms with van der Waals surface area (Å²) in [4.78, 5) is 13.7. The van der Waals surface area contributed by atoms with Gasteiger partial charge in [0, 0.05) is 26.2 Å². The van der Waals surface area contributed by atoms with E-state index in [1.165, 1.54) is 11.1 Å². The Morgan fingerprint density at radius 2 is 1.86 bits per heavy atom. The molecule has 22 heavy (non-hydrogen) atoms. The minimum absolute atomic E-state index is 0.0172. The molecular formula is C18H26N2O2. The van der Waals surface area contributed by atoms with E-state index in [4.69, 9.17) is 4.74 Å². The maximum absolute atomic E-state index is 11.2. The number of hydrogen-bond acceptors (Lipinski definition) is 3. The molecule has 1 aromatic carbocycles. The van der Waals surface area contributed by atoms with Crippen molar-refractivity contribution in [2.45, 2.75) is 38.2 Å². The van der Waals surface area contributed by atoms with Gasteiger partial charge in [-0.2, -0.15) is 0 Å². The number of aryl methyl sites for hydroxylation is 1. The Hall–Kier alpha value is -1.39. The highest BCUT2D eigenvalue weighted by Crippen LogP contribution is 2.27. The minimum Gasteiger partial charge on any atom is -0.363 e. The molecule has 0 aromatic heterocycles. The Morgan fingerprint density at radius 3 is 2.45 bits per heavy atom. The summed E-state index contributed by atoms with van der Waals surface area (Å²) in [7, 11) is 0. The lowest BCUT2D eigenvalue weighted by atomic mass is 9.90. The number of piperidine rings is 1. The molecule has 2 heterocycles. The zero-order chi connectivity index (χ0) is 15.4. The minimum atomic E-state index is -0.104. The first-order chi connectivity index (χ1) is 10.7. The number of hydrogen-bond donors (Lipinski definition) is 1. The topological polar surface area (TPSA) is 41.6 Å². The van der Waals surface area contributed by atoms with Crippen LogP contribution >= 0.6 is 0 Å². The van der Waals surface area contributed by atoms with Crippen LogP contribution in [0.3, 0.4) is 0 Å². The van der Waals surface area contributed by atoms with Crippen LogP contribution in [0.1, 0.15) is 30.9 Å². The van der Waals surface area contributed by atoms with Gasteiger partial charge >= 0.3 is 0 Å². The molecule has 0 atom stereocenters. The SMILES string of the molecule is CCc1ccc(CCN2CCC3(CC2)CNC(=O)CO3)cc1. The van der Waals surface area contributed by atoms with Gasteiger partial charge in [0.25, 0.3) is 0 Å². The van der Waals surface area contributed by atoms with Gasteiger partial charge in [-0.3, -0.25) is 4.79 Å². The average molecular weight is 302 g/mol. The number of carbonyl (C=O) groups excluding carboxylic acids is 1. The quantitative estimate of drug-likeness (QED) is 0.922. The molecule has 4 nitrogen and oxygen atoms in total. The zero-order valence-electron chi connectivity index (χ0n) is 13.4. The predicted octanol–water partition coefficient (Wildman–Crippen LogP) is 1.77. The maximum Gasteiger partial charge on any atom is 0.246 e. The number of rotatable bonds is 4. The first kappa shape index (κ1) is 15.5. The Kier molecular flexibility index (Phi) is 4.79. The van der Waals surface area contributed by atoms with Crippen LogP contribution < -0.4 is 5.32 Å². The molecule has 2 aliphatic rings. The van der Waals surface area contributed by atoms with Gasteiger partial charge in [0.05, 0.1) is 5.60 Å². The van der Waals surface area contributed by atoms with Gasteiger partial charge in [-0.25, -0.2) is 0 Å². The Bertz CT molecular complexity index is 492. The standard InChI is InChI=1S/C18H26N2O2/c1-2-15-3-5-16(6-4-15)7-10-20-11-8-18(9-12-20)14-19-17(21)13-22-18/h3-6H,2,7-14H2,1H3,(H,19,21). The Balaban J connectivity index is 1.44. The summed E-state index contributed by atoms with van der Waals surface area (Å²) >= 11 is 0. The summed E-state index contributed by atoms with van der Waals surface area (Å²) in [6.07, 6.45) is 4.24. The second kappa shape index (κ2) is 6.80. The van der Waals surface area contributed by atoms with E-state index in [0.29, 0.717) is 6.54 Å². The number of benzene rings is 1. The molecule has 1 N–H and O–H groups in total. The normalized spacial score (nSPS) is 21.8. The van der Waals surface area contributed by atoms with Crippen molar-refractivity contribution in [3.8, 4) is 0 Å². The van der Waals surface area contributed by atoms with Gasteiger partial charge in [-0.15, -0.1) is 0 Å². The van der Waals surface area contributed by atoms with Crippen molar-refractivity contribution in [2.75, 3.05) is 32.8 Å². The van der Waals surface area contributed by atoms with Gasteiger partial charge in [-0.05, 0) is 36.8 Å². The molecule has 1 spiro atoms. The van der Waals surface area contributed by atoms with Crippen LogP contribution in [0.5, 0.6) is 0 Å². The van der Waals surface area contributed by atoms with Crippen LogP contribution in [0, 0.1) is 0 Å². The number of nitrogens with zero attached hydrogens (tertiary/aromatic N) is 1. The number of likely N-dealkylation sites (tertiary alicyclic amines) is 1. The van der Waals surface area contributed by atoms with E-state index in [1.54, 1.807) is 0 Å². The lowest BCUT2D eigenvalue weighted by molar-refractivity contribution is -0.150. The van der Waals surface area contributed by atoms with Crippen molar-refractivity contribution in [3.05, 3.63) is 35.4 Å². The van der Waals surface area contributed by atoms with Crippen molar-refractivity contribution < 1.29 is 9.53 Å². The average Bonchev–Trinajstić information content (AvgIpc) is 2.58. The third kappa shape index (κ3) is 3.68. The fourth-order valence-corrected chi connectivity index (χ4v) is 3.31. The van der Waals surface area contributed by atoms with E-state index in [-0.39, 0.29) is 18.1 Å². The van der Waals surface area contributed by atoms with Crippen molar-refractivity contribution >= 4 is 5.91 Å². The van der Waals surface area contributed by atoms with Crippen LogP contribution in [-0.2, 0) is 22.4 Å². The van der Waals surface area contributed by atoms with E-state index >= 15 is 0 Å². The number of nitrogens with one attached hydrogen (secondary N) is 1. The highest BCUT2D eigenvalue weighted by atomic mass is 16.5. The molecule has 3 rings (SSSR count). The van der Waals surface area contributed by atoms with Gasteiger partial charge in [0.15, 0.2) is 0 Å². The number of ether oxygens (including phenoxy) is 1. The summed E-state index contributed by atoms with van der Waals surface area (Å²) < 4.78 is 5.82. The first-order valence-corrected chi connectivity index (χ1v) is 8.40. The number of carbonyl (C=O) groups is 1. The fourth-order valence-electron chi connectivity index (χ4n) is 3.31. The molecule has 4 heteroatoms. The molecule has 2 saturated heterocycles. The maximum atomic E-state index is 11.2. The van der Waals surface area contributed by atoms with E-state index < -0.39 is 0 Å². The monoisotopic (exact) mass is 302 g/mol. The molecule has 0 unspecified atom stereocenters. The van der Waals surface area contributed by atoms with Crippen molar-refractivity contribution in [1.82, 2.24) is 10.2 Å². The molecule has 1 amide bonds. The highest BCUT2D eigenvalue weighted by Gasteiger charge is 2.38. The number of amides is 1. The van der Waals surface area contributed by atoms with Gasteiger partial charge < -0.3 is 15.0 Å². The molecule has 1 aromatic rings. The number of morpholine rings is 1. The Morgan fingerprint density at radius 1 is 1.18 bits per heavy atom. The predicted molar refractivity (Wildman–Crippen MR) is 86.9 cm³/mol. The molecule has 0 bridgehead atoms.